The molecule has 0 saturated carbocycles. The van der Waals surface area contributed by atoms with Gasteiger partial charge in [0.05, 0.1) is 19.8 Å². The predicted octanol–water partition coefficient (Wildman–Crippen LogP) is 13.1. The molecule has 1 saturated heterocycles. The minimum Gasteiger partial charge on any atom is -0.457 e. The van der Waals surface area contributed by atoms with Gasteiger partial charge in [-0.25, -0.2) is 0 Å². The number of rotatable bonds is 44. The molecule has 1 aliphatic rings. The van der Waals surface area contributed by atoms with Gasteiger partial charge in [0, 0.05) is 13.0 Å². The van der Waals surface area contributed by atoms with E-state index in [1.54, 1.807) is 0 Å². The molecule has 1 aliphatic heterocycles. The zero-order chi connectivity index (χ0) is 47.8. The van der Waals surface area contributed by atoms with Crippen LogP contribution in [0, 0.1) is 0 Å². The van der Waals surface area contributed by atoms with Crippen LogP contribution in [-0.2, 0) is 23.7 Å². The van der Waals surface area contributed by atoms with Crippen molar-refractivity contribution in [2.24, 2.45) is 0 Å². The normalized spacial score (nSPS) is 20.1. The molecule has 0 aromatic rings. The van der Waals surface area contributed by atoms with Gasteiger partial charge >= 0.3 is 5.97 Å². The van der Waals surface area contributed by atoms with E-state index in [1.165, 1.54) is 109 Å². The van der Waals surface area contributed by atoms with E-state index in [4.69, 9.17) is 18.9 Å². The van der Waals surface area contributed by atoms with Gasteiger partial charge in [0.2, 0.25) is 0 Å². The third-order valence-electron chi connectivity index (χ3n) is 11.5. The van der Waals surface area contributed by atoms with E-state index in [2.05, 4.69) is 98.9 Å². The van der Waals surface area contributed by atoms with E-state index in [-0.39, 0.29) is 19.6 Å². The predicted molar refractivity (Wildman–Crippen MR) is 274 cm³/mol. The first kappa shape index (κ1) is 61.1. The summed E-state index contributed by atoms with van der Waals surface area (Å²) in [5.41, 5.74) is 0. The van der Waals surface area contributed by atoms with Crippen LogP contribution in [0.15, 0.2) is 97.2 Å². The molecule has 0 bridgehead atoms. The summed E-state index contributed by atoms with van der Waals surface area (Å²) in [6.07, 6.45) is 58.9. The van der Waals surface area contributed by atoms with Crippen LogP contribution >= 0.6 is 0 Å². The summed E-state index contributed by atoms with van der Waals surface area (Å²) in [7, 11) is 0. The van der Waals surface area contributed by atoms with Gasteiger partial charge in [-0.1, -0.05) is 201 Å². The van der Waals surface area contributed by atoms with Crippen LogP contribution in [0.3, 0.4) is 0 Å². The van der Waals surface area contributed by atoms with Crippen LogP contribution in [0.5, 0.6) is 0 Å². The van der Waals surface area contributed by atoms with Crippen molar-refractivity contribution in [2.45, 2.75) is 230 Å². The maximum Gasteiger partial charge on any atom is 0.306 e. The second kappa shape index (κ2) is 47.2. The van der Waals surface area contributed by atoms with Gasteiger partial charge < -0.3 is 39.4 Å². The van der Waals surface area contributed by atoms with Crippen LogP contribution in [0.2, 0.25) is 0 Å². The number of ether oxygens (including phenoxy) is 4. The Morgan fingerprint density at radius 2 is 0.924 bits per heavy atom. The van der Waals surface area contributed by atoms with Crippen LogP contribution < -0.4 is 0 Å². The Kier molecular flexibility index (Phi) is 43.7. The van der Waals surface area contributed by atoms with Gasteiger partial charge in [-0.05, 0) is 83.5 Å². The van der Waals surface area contributed by atoms with E-state index in [1.807, 2.05) is 12.2 Å². The number of hydrogen-bond donors (Lipinski definition) is 4. The summed E-state index contributed by atoms with van der Waals surface area (Å²) in [6.45, 7) is 4.34. The van der Waals surface area contributed by atoms with Gasteiger partial charge in [-0.3, -0.25) is 4.79 Å². The first-order valence-corrected chi connectivity index (χ1v) is 26.3. The van der Waals surface area contributed by atoms with Crippen LogP contribution in [0.1, 0.15) is 194 Å². The molecule has 66 heavy (non-hydrogen) atoms. The molecule has 6 unspecified atom stereocenters. The fourth-order valence-corrected chi connectivity index (χ4v) is 7.43. The fraction of sp³-hybridized carbons (Fsp3) is 0.702. The topological polar surface area (TPSA) is 135 Å². The summed E-state index contributed by atoms with van der Waals surface area (Å²) in [5, 5.41) is 40.3. The minimum absolute atomic E-state index is 0.108. The Balaban J connectivity index is 2.24. The molecular weight excluding hydrogens is 829 g/mol. The summed E-state index contributed by atoms with van der Waals surface area (Å²) in [4.78, 5) is 12.8. The second-order valence-corrected chi connectivity index (χ2v) is 17.6. The lowest BCUT2D eigenvalue weighted by Gasteiger charge is -2.39. The molecule has 0 spiro atoms. The van der Waals surface area contributed by atoms with Crippen molar-refractivity contribution >= 4 is 5.97 Å². The Bertz CT molecular complexity index is 1330. The minimum atomic E-state index is -1.56. The van der Waals surface area contributed by atoms with E-state index in [0.717, 1.165) is 57.8 Å². The first-order chi connectivity index (χ1) is 32.4. The lowest BCUT2D eigenvalue weighted by molar-refractivity contribution is -0.305. The highest BCUT2D eigenvalue weighted by Crippen LogP contribution is 2.22. The number of carbonyl (C=O) groups is 1. The molecule has 9 nitrogen and oxygen atoms in total. The molecule has 4 N–H and O–H groups in total. The molecule has 378 valence electrons. The molecule has 0 aliphatic carbocycles. The number of aliphatic hydroxyl groups excluding tert-OH is 4. The molecule has 9 heteroatoms. The molecule has 1 rings (SSSR count). The van der Waals surface area contributed by atoms with Gasteiger partial charge in [0.1, 0.15) is 30.5 Å². The van der Waals surface area contributed by atoms with Gasteiger partial charge in [0.25, 0.3) is 0 Å². The Morgan fingerprint density at radius 3 is 1.39 bits per heavy atom. The molecular formula is C57H96O9. The van der Waals surface area contributed by atoms with Gasteiger partial charge in [0.15, 0.2) is 6.29 Å². The van der Waals surface area contributed by atoms with Gasteiger partial charge in [-0.15, -0.1) is 0 Å². The molecule has 6 atom stereocenters. The molecule has 0 aromatic heterocycles. The standard InChI is InChI=1S/C57H96O9/c1-3-5-7-9-11-13-15-17-19-21-23-24-25-26-27-29-31-33-35-37-39-41-43-45-47-63-49-51(50-64-57-56(62)55(61)54(60)52(48-58)66-57)65-53(59)46-44-42-40-38-36-34-32-30-28-22-20-18-16-14-12-10-8-6-4-2/h6,8,12,14-15,17-18,20-21,23,28,30,34,36,40,42,51-52,54-58,60-62H,3-5,7,9-11,13,16,19,22,24-27,29,31-33,35,37-39,41,43-50H2,1-2H3/b8-6-,14-12-,17-15-,20-18-,23-21-,30-28-,36-34-,42-40-. The molecule has 0 radical (unpaired) electrons. The van der Waals surface area contributed by atoms with E-state index < -0.39 is 49.4 Å². The van der Waals surface area contributed by atoms with E-state index >= 15 is 0 Å². The first-order valence-electron chi connectivity index (χ1n) is 26.3. The molecule has 1 heterocycles. The number of hydrogen-bond acceptors (Lipinski definition) is 9. The number of unbranched alkanes of at least 4 members (excludes halogenated alkanes) is 17. The van der Waals surface area contributed by atoms with E-state index in [0.29, 0.717) is 13.0 Å². The average Bonchev–Trinajstić information content (AvgIpc) is 3.32. The number of carbonyl (C=O) groups excluding carboxylic acids is 1. The Hall–Kier alpha value is -2.89. The highest BCUT2D eigenvalue weighted by Gasteiger charge is 2.44. The van der Waals surface area contributed by atoms with Crippen molar-refractivity contribution in [3.05, 3.63) is 97.2 Å². The van der Waals surface area contributed by atoms with E-state index in [9.17, 15) is 25.2 Å². The maximum absolute atomic E-state index is 12.8. The summed E-state index contributed by atoms with van der Waals surface area (Å²) in [6, 6.07) is 0. The largest absolute Gasteiger partial charge is 0.457 e. The molecule has 0 aromatic carbocycles. The van der Waals surface area contributed by atoms with Crippen molar-refractivity contribution in [3.63, 3.8) is 0 Å². The van der Waals surface area contributed by atoms with Crippen molar-refractivity contribution in [3.8, 4) is 0 Å². The van der Waals surface area contributed by atoms with Crippen molar-refractivity contribution in [2.75, 3.05) is 26.4 Å². The summed E-state index contributed by atoms with van der Waals surface area (Å²) in [5.74, 6) is -0.397. The number of aliphatic hydroxyl groups is 4. The zero-order valence-electron chi connectivity index (χ0n) is 41.7. The van der Waals surface area contributed by atoms with Crippen LogP contribution in [0.4, 0.5) is 0 Å². The highest BCUT2D eigenvalue weighted by atomic mass is 16.7. The Morgan fingerprint density at radius 1 is 0.500 bits per heavy atom. The molecule has 1 fully saturated rings. The molecule has 0 amide bonds. The van der Waals surface area contributed by atoms with Crippen LogP contribution in [-0.4, -0.2) is 89.6 Å². The second-order valence-electron chi connectivity index (χ2n) is 17.6. The average molecular weight is 925 g/mol. The smallest absolute Gasteiger partial charge is 0.306 e. The number of esters is 1. The number of allylic oxidation sites excluding steroid dienone is 16. The summed E-state index contributed by atoms with van der Waals surface area (Å²) < 4.78 is 22.8. The van der Waals surface area contributed by atoms with Crippen molar-refractivity contribution < 1.29 is 44.2 Å². The van der Waals surface area contributed by atoms with Gasteiger partial charge in [-0.2, -0.15) is 0 Å². The zero-order valence-corrected chi connectivity index (χ0v) is 41.7. The van der Waals surface area contributed by atoms with Crippen molar-refractivity contribution in [1.82, 2.24) is 0 Å². The third kappa shape index (κ3) is 37.1. The SMILES string of the molecule is CC/C=C\C/C=C\C/C=C\C/C=C\C/C=C\C/C=C\CCC(=O)OC(COCCCCCCCCCCCCCC/C=C\C/C=C\CCCCCCC)COC1OC(CO)C(O)C(O)C1O. The fourth-order valence-electron chi connectivity index (χ4n) is 7.43. The third-order valence-corrected chi connectivity index (χ3v) is 11.5. The quantitative estimate of drug-likeness (QED) is 0.0268. The van der Waals surface area contributed by atoms with Crippen molar-refractivity contribution in [1.29, 1.82) is 0 Å². The maximum atomic E-state index is 12.8. The highest BCUT2D eigenvalue weighted by molar-refractivity contribution is 5.69. The lowest BCUT2D eigenvalue weighted by atomic mass is 9.99. The van der Waals surface area contributed by atoms with Crippen LogP contribution in [0.25, 0.3) is 0 Å². The summed E-state index contributed by atoms with van der Waals surface area (Å²) >= 11 is 0. The lowest BCUT2D eigenvalue weighted by Crippen LogP contribution is -2.59. The monoisotopic (exact) mass is 925 g/mol. The Labute approximate surface area is 402 Å².